The molecule has 5 nitrogen and oxygen atoms in total. The number of carbonyl (C=O) groups excluding carboxylic acids is 2. The lowest BCUT2D eigenvalue weighted by Crippen LogP contribution is -2.53. The summed E-state index contributed by atoms with van der Waals surface area (Å²) in [6.45, 7) is 0. The minimum absolute atomic E-state index is 0.0656. The summed E-state index contributed by atoms with van der Waals surface area (Å²) >= 11 is 0. The largest absolute Gasteiger partial charge is 0.481 e. The van der Waals surface area contributed by atoms with E-state index < -0.39 is 11.9 Å². The number of nitrogens with zero attached hydrogens (tertiary/aromatic N) is 1. The summed E-state index contributed by atoms with van der Waals surface area (Å²) in [6, 6.07) is -0.196. The van der Waals surface area contributed by atoms with E-state index in [9.17, 15) is 14.4 Å². The molecule has 3 rings (SSSR count). The molecule has 1 spiro atoms. The Kier molecular flexibility index (Phi) is 3.76. The van der Waals surface area contributed by atoms with Crippen molar-refractivity contribution in [2.45, 2.75) is 70.3 Å². The molecule has 0 bridgehead atoms. The van der Waals surface area contributed by atoms with Crippen molar-refractivity contribution in [3.63, 3.8) is 0 Å². The first-order valence-corrected chi connectivity index (χ1v) is 8.08. The van der Waals surface area contributed by atoms with E-state index in [-0.39, 0.29) is 23.3 Å². The van der Waals surface area contributed by atoms with Crippen LogP contribution in [0.25, 0.3) is 0 Å². The molecule has 0 aromatic carbocycles. The fourth-order valence-electron chi connectivity index (χ4n) is 4.52. The maximum atomic E-state index is 12.5. The molecule has 116 valence electrons. The van der Waals surface area contributed by atoms with Gasteiger partial charge in [0.15, 0.2) is 0 Å². The number of likely N-dealkylation sites (tertiary alicyclic amines) is 1. The van der Waals surface area contributed by atoms with Crippen LogP contribution in [0.15, 0.2) is 0 Å². The second-order valence-corrected chi connectivity index (χ2v) is 7.07. The van der Waals surface area contributed by atoms with Gasteiger partial charge in [0.25, 0.3) is 0 Å². The Morgan fingerprint density at radius 2 is 1.67 bits per heavy atom. The lowest BCUT2D eigenvalue weighted by atomic mass is 9.75. The van der Waals surface area contributed by atoms with Crippen LogP contribution in [-0.2, 0) is 14.4 Å². The highest BCUT2D eigenvalue weighted by Crippen LogP contribution is 2.47. The van der Waals surface area contributed by atoms with Crippen LogP contribution in [0.3, 0.4) is 0 Å². The van der Waals surface area contributed by atoms with Crippen molar-refractivity contribution in [3.05, 3.63) is 0 Å². The molecule has 0 aromatic heterocycles. The number of carboxylic acid groups (broad SMARTS) is 1. The molecule has 1 saturated heterocycles. The van der Waals surface area contributed by atoms with E-state index >= 15 is 0 Å². The first kappa shape index (κ1) is 14.5. The van der Waals surface area contributed by atoms with Crippen LogP contribution in [0, 0.1) is 11.3 Å². The Bertz CT molecular complexity index is 447. The molecule has 2 atom stereocenters. The zero-order chi connectivity index (χ0) is 15.0. The maximum absolute atomic E-state index is 12.5. The van der Waals surface area contributed by atoms with E-state index in [1.54, 1.807) is 0 Å². The molecule has 1 N–H and O–H groups in total. The van der Waals surface area contributed by atoms with Gasteiger partial charge in [-0.2, -0.15) is 0 Å². The Labute approximate surface area is 124 Å². The first-order valence-electron chi connectivity index (χ1n) is 8.08. The molecule has 3 fully saturated rings. The summed E-state index contributed by atoms with van der Waals surface area (Å²) in [5.41, 5.74) is -0.0778. The van der Waals surface area contributed by atoms with E-state index in [1.807, 2.05) is 0 Å². The second kappa shape index (κ2) is 5.43. The molecule has 5 heteroatoms. The highest BCUT2D eigenvalue weighted by molar-refractivity contribution is 5.99. The van der Waals surface area contributed by atoms with E-state index in [0.717, 1.165) is 38.5 Å². The molecule has 2 aliphatic carbocycles. The topological polar surface area (TPSA) is 74.7 Å². The van der Waals surface area contributed by atoms with Crippen molar-refractivity contribution in [1.29, 1.82) is 0 Å². The van der Waals surface area contributed by atoms with Gasteiger partial charge in [-0.1, -0.05) is 19.3 Å². The zero-order valence-corrected chi connectivity index (χ0v) is 12.3. The molecule has 3 aliphatic rings. The number of aliphatic carboxylic acids is 1. The first-order chi connectivity index (χ1) is 10.0. The fraction of sp³-hybridized carbons (Fsp3) is 0.812. The summed E-state index contributed by atoms with van der Waals surface area (Å²) in [7, 11) is 0. The van der Waals surface area contributed by atoms with Crippen molar-refractivity contribution in [2.75, 3.05) is 0 Å². The number of imide groups is 1. The molecule has 1 aliphatic heterocycles. The lowest BCUT2D eigenvalue weighted by Gasteiger charge is -2.42. The lowest BCUT2D eigenvalue weighted by molar-refractivity contribution is -0.159. The summed E-state index contributed by atoms with van der Waals surface area (Å²) < 4.78 is 0. The van der Waals surface area contributed by atoms with E-state index in [4.69, 9.17) is 5.11 Å². The van der Waals surface area contributed by atoms with Crippen LogP contribution in [0.1, 0.15) is 64.2 Å². The monoisotopic (exact) mass is 293 g/mol. The molecular weight excluding hydrogens is 270 g/mol. The summed E-state index contributed by atoms with van der Waals surface area (Å²) in [5.74, 6) is -1.34. The maximum Gasteiger partial charge on any atom is 0.306 e. The smallest absolute Gasteiger partial charge is 0.306 e. The van der Waals surface area contributed by atoms with Crippen LogP contribution in [0.5, 0.6) is 0 Å². The minimum Gasteiger partial charge on any atom is -0.481 e. The van der Waals surface area contributed by atoms with Gasteiger partial charge in [0.2, 0.25) is 11.8 Å². The highest BCUT2D eigenvalue weighted by Gasteiger charge is 2.47. The molecule has 1 heterocycles. The highest BCUT2D eigenvalue weighted by atomic mass is 16.4. The summed E-state index contributed by atoms with van der Waals surface area (Å²) in [4.78, 5) is 37.6. The average molecular weight is 293 g/mol. The van der Waals surface area contributed by atoms with Crippen molar-refractivity contribution in [1.82, 2.24) is 4.90 Å². The van der Waals surface area contributed by atoms with E-state index in [2.05, 4.69) is 0 Å². The average Bonchev–Trinajstić information content (AvgIpc) is 2.86. The van der Waals surface area contributed by atoms with Gasteiger partial charge in [-0.25, -0.2) is 0 Å². The number of carbonyl (C=O) groups is 3. The van der Waals surface area contributed by atoms with Crippen molar-refractivity contribution in [2.24, 2.45) is 11.3 Å². The van der Waals surface area contributed by atoms with Gasteiger partial charge in [-0.15, -0.1) is 0 Å². The van der Waals surface area contributed by atoms with E-state index in [0.29, 0.717) is 25.7 Å². The molecule has 21 heavy (non-hydrogen) atoms. The molecule has 0 aromatic rings. The number of hydrogen-bond acceptors (Lipinski definition) is 3. The van der Waals surface area contributed by atoms with Crippen LogP contribution in [0.4, 0.5) is 0 Å². The van der Waals surface area contributed by atoms with Gasteiger partial charge in [0.1, 0.15) is 0 Å². The molecule has 2 amide bonds. The second-order valence-electron chi connectivity index (χ2n) is 7.07. The fourth-order valence-corrected chi connectivity index (χ4v) is 4.52. The number of piperidine rings is 1. The number of rotatable bonds is 2. The van der Waals surface area contributed by atoms with Crippen LogP contribution >= 0.6 is 0 Å². The molecule has 2 unspecified atom stereocenters. The Hall–Kier alpha value is -1.39. The number of carboxylic acids is 1. The quantitative estimate of drug-likeness (QED) is 0.793. The van der Waals surface area contributed by atoms with Gasteiger partial charge in [0, 0.05) is 18.9 Å². The normalized spacial score (nSPS) is 32.7. The van der Waals surface area contributed by atoms with Gasteiger partial charge in [-0.3, -0.25) is 19.3 Å². The standard InChI is InChI=1S/C16H23NO4/c18-13-9-16(6-1-2-7-16)10-14(19)17(13)12-5-3-4-11(8-12)15(20)21/h11-12H,1-10H2,(H,20,21). The van der Waals surface area contributed by atoms with Crippen molar-refractivity contribution in [3.8, 4) is 0 Å². The Balaban J connectivity index is 1.72. The number of hydrogen-bond donors (Lipinski definition) is 1. The minimum atomic E-state index is -0.802. The predicted molar refractivity (Wildman–Crippen MR) is 75.4 cm³/mol. The van der Waals surface area contributed by atoms with Crippen LogP contribution in [0.2, 0.25) is 0 Å². The van der Waals surface area contributed by atoms with Gasteiger partial charge in [0.05, 0.1) is 5.92 Å². The summed E-state index contributed by atoms with van der Waals surface area (Å²) in [6.07, 6.45) is 7.79. The third-order valence-electron chi connectivity index (χ3n) is 5.61. The molecule has 2 saturated carbocycles. The van der Waals surface area contributed by atoms with Gasteiger partial charge >= 0.3 is 5.97 Å². The zero-order valence-electron chi connectivity index (χ0n) is 12.3. The van der Waals surface area contributed by atoms with Crippen LogP contribution < -0.4 is 0 Å². The van der Waals surface area contributed by atoms with Gasteiger partial charge in [-0.05, 0) is 37.5 Å². The third kappa shape index (κ3) is 2.70. The van der Waals surface area contributed by atoms with Crippen molar-refractivity contribution >= 4 is 17.8 Å². The summed E-state index contributed by atoms with van der Waals surface area (Å²) in [5, 5.41) is 9.17. The predicted octanol–water partition coefficient (Wildman–Crippen LogP) is 2.34. The van der Waals surface area contributed by atoms with Crippen molar-refractivity contribution < 1.29 is 19.5 Å². The Morgan fingerprint density at radius 1 is 1.05 bits per heavy atom. The Morgan fingerprint density at radius 3 is 2.24 bits per heavy atom. The SMILES string of the molecule is O=C(O)C1CCCC(N2C(=O)CC3(CCCC3)CC2=O)C1. The van der Waals surface area contributed by atoms with Gasteiger partial charge < -0.3 is 5.11 Å². The van der Waals surface area contributed by atoms with Crippen LogP contribution in [-0.4, -0.2) is 33.8 Å². The number of amides is 2. The molecular formula is C16H23NO4. The third-order valence-corrected chi connectivity index (χ3v) is 5.61. The van der Waals surface area contributed by atoms with E-state index in [1.165, 1.54) is 4.90 Å². The molecule has 0 radical (unpaired) electrons.